The molecule has 0 bridgehead atoms. The number of para-hydroxylation sites is 2. The summed E-state index contributed by atoms with van der Waals surface area (Å²) in [7, 11) is 0. The molecule has 0 aliphatic heterocycles. The highest BCUT2D eigenvalue weighted by Crippen LogP contribution is 2.18. The van der Waals surface area contributed by atoms with Crippen LogP contribution in [0.15, 0.2) is 54.6 Å². The number of aromatic nitrogens is 1. The summed E-state index contributed by atoms with van der Waals surface area (Å²) in [5, 5.41) is 2.40. The Kier molecular flexibility index (Phi) is 3.55. The van der Waals surface area contributed by atoms with Crippen LogP contribution in [-0.2, 0) is 0 Å². The van der Waals surface area contributed by atoms with Crippen molar-refractivity contribution in [1.29, 1.82) is 0 Å². The van der Waals surface area contributed by atoms with E-state index < -0.39 is 0 Å². The summed E-state index contributed by atoms with van der Waals surface area (Å²) >= 11 is 0. The van der Waals surface area contributed by atoms with Gasteiger partial charge in [0.2, 0.25) is 0 Å². The average Bonchev–Trinajstić information content (AvgIpc) is 2.26. The molecule has 3 aromatic rings. The Hall–Kier alpha value is -1.97. The van der Waals surface area contributed by atoms with E-state index in [-0.39, 0.29) is 11.0 Å². The number of nitrogens with zero attached hydrogens (tertiary/aromatic N) is 1. The van der Waals surface area contributed by atoms with Crippen LogP contribution < -0.4 is 0 Å². The number of fused-ring (bicyclic) bond motifs is 2. The first-order chi connectivity index (χ1) is 6.93. The van der Waals surface area contributed by atoms with Gasteiger partial charge in [-0.3, -0.25) is 0 Å². The maximum absolute atomic E-state index is 4.58. The van der Waals surface area contributed by atoms with Crippen LogP contribution >= 0.6 is 0 Å². The first kappa shape index (κ1) is 12.1. The molecule has 0 saturated heterocycles. The van der Waals surface area contributed by atoms with Crippen molar-refractivity contribution in [2.75, 3.05) is 0 Å². The quantitative estimate of drug-likeness (QED) is 0.526. The van der Waals surface area contributed by atoms with Gasteiger partial charge in [0.15, 0.2) is 0 Å². The minimum atomic E-state index is 0. The van der Waals surface area contributed by atoms with Crippen molar-refractivity contribution in [1.82, 2.24) is 4.98 Å². The van der Waals surface area contributed by atoms with Crippen molar-refractivity contribution in [3.63, 3.8) is 0 Å². The third kappa shape index (κ3) is 1.86. The number of hydrogen-bond donors (Lipinski definition) is 0. The minimum Gasteiger partial charge on any atom is -0.412 e. The van der Waals surface area contributed by atoms with Crippen LogP contribution in [0.1, 0.15) is 0 Å². The summed E-state index contributed by atoms with van der Waals surface area (Å²) in [6.07, 6.45) is 0. The zero-order valence-corrected chi connectivity index (χ0v) is 8.64. The summed E-state index contributed by atoms with van der Waals surface area (Å²) in [4.78, 5) is 4.58. The molecular formula is C13H13NO2. The standard InChI is InChI=1S/C13H9N.2H2O/c1-3-7-12-10(5-1)9-11-6-2-4-8-13(11)14-12;;/h1-9H;2*1H2. The molecule has 0 amide bonds. The predicted molar refractivity (Wildman–Crippen MR) is 66.5 cm³/mol. The Bertz CT molecular complexity index is 503. The van der Waals surface area contributed by atoms with Crippen molar-refractivity contribution in [2.24, 2.45) is 0 Å². The highest BCUT2D eigenvalue weighted by atomic mass is 16.0. The van der Waals surface area contributed by atoms with E-state index in [9.17, 15) is 0 Å². The molecule has 1 heterocycles. The lowest BCUT2D eigenvalue weighted by atomic mass is 10.1. The molecule has 0 atom stereocenters. The van der Waals surface area contributed by atoms with E-state index >= 15 is 0 Å². The zero-order chi connectivity index (χ0) is 9.38. The molecule has 0 saturated carbocycles. The number of hydrogen-bond acceptors (Lipinski definition) is 1. The molecule has 82 valence electrons. The molecule has 0 unspecified atom stereocenters. The Balaban J connectivity index is 0.000000640. The van der Waals surface area contributed by atoms with E-state index in [4.69, 9.17) is 0 Å². The fourth-order valence-corrected chi connectivity index (χ4v) is 1.72. The van der Waals surface area contributed by atoms with E-state index in [0.29, 0.717) is 0 Å². The van der Waals surface area contributed by atoms with E-state index in [2.05, 4.69) is 23.2 Å². The van der Waals surface area contributed by atoms with Gasteiger partial charge in [-0.1, -0.05) is 36.4 Å². The summed E-state index contributed by atoms with van der Waals surface area (Å²) in [6.45, 7) is 0. The van der Waals surface area contributed by atoms with E-state index in [1.165, 1.54) is 10.8 Å². The lowest BCUT2D eigenvalue weighted by molar-refractivity contribution is 0.823. The second-order valence-electron chi connectivity index (χ2n) is 3.37. The van der Waals surface area contributed by atoms with E-state index in [1.807, 2.05) is 36.4 Å². The van der Waals surface area contributed by atoms with Gasteiger partial charge in [-0.25, -0.2) is 4.98 Å². The maximum Gasteiger partial charge on any atom is 0.0709 e. The fourth-order valence-electron chi connectivity index (χ4n) is 1.72. The van der Waals surface area contributed by atoms with Crippen molar-refractivity contribution < 1.29 is 11.0 Å². The smallest absolute Gasteiger partial charge is 0.0709 e. The van der Waals surface area contributed by atoms with Crippen LogP contribution in [0.5, 0.6) is 0 Å². The zero-order valence-electron chi connectivity index (χ0n) is 8.64. The molecular weight excluding hydrogens is 202 g/mol. The first-order valence-electron chi connectivity index (χ1n) is 4.68. The van der Waals surface area contributed by atoms with E-state index in [0.717, 1.165) is 11.0 Å². The molecule has 3 heteroatoms. The van der Waals surface area contributed by atoms with Crippen LogP contribution in [0.4, 0.5) is 0 Å². The van der Waals surface area contributed by atoms with Gasteiger partial charge in [0.25, 0.3) is 0 Å². The normalized spacial score (nSPS) is 9.50. The lowest BCUT2D eigenvalue weighted by Gasteiger charge is -1.99. The molecule has 0 radical (unpaired) electrons. The second-order valence-corrected chi connectivity index (χ2v) is 3.37. The summed E-state index contributed by atoms with van der Waals surface area (Å²) in [6, 6.07) is 18.6. The first-order valence-corrected chi connectivity index (χ1v) is 4.68. The third-order valence-corrected chi connectivity index (χ3v) is 2.43. The molecule has 4 N–H and O–H groups in total. The largest absolute Gasteiger partial charge is 0.412 e. The van der Waals surface area contributed by atoms with Gasteiger partial charge >= 0.3 is 0 Å². The Morgan fingerprint density at radius 1 is 0.625 bits per heavy atom. The Morgan fingerprint density at radius 3 is 1.56 bits per heavy atom. The molecule has 0 aliphatic carbocycles. The minimum absolute atomic E-state index is 0. The molecule has 0 spiro atoms. The van der Waals surface area contributed by atoms with Crippen LogP contribution in [0.3, 0.4) is 0 Å². The topological polar surface area (TPSA) is 75.9 Å². The third-order valence-electron chi connectivity index (χ3n) is 2.43. The molecule has 0 aliphatic rings. The van der Waals surface area contributed by atoms with Crippen molar-refractivity contribution in [3.05, 3.63) is 54.6 Å². The van der Waals surface area contributed by atoms with Crippen molar-refractivity contribution in [2.45, 2.75) is 0 Å². The molecule has 16 heavy (non-hydrogen) atoms. The summed E-state index contributed by atoms with van der Waals surface area (Å²) < 4.78 is 0. The number of pyridine rings is 1. The van der Waals surface area contributed by atoms with Crippen LogP contribution in [0, 0.1) is 0 Å². The summed E-state index contributed by atoms with van der Waals surface area (Å²) in [5.74, 6) is 0. The Morgan fingerprint density at radius 2 is 1.06 bits per heavy atom. The molecule has 2 aromatic carbocycles. The maximum atomic E-state index is 4.58. The highest BCUT2D eigenvalue weighted by molar-refractivity contribution is 5.92. The SMILES string of the molecule is O.O.c1ccc2nc3ccccc3cc2c1. The molecule has 3 rings (SSSR count). The molecule has 1 aromatic heterocycles. The van der Waals surface area contributed by atoms with Gasteiger partial charge in [0.05, 0.1) is 11.0 Å². The van der Waals surface area contributed by atoms with Crippen LogP contribution in [-0.4, -0.2) is 15.9 Å². The summed E-state index contributed by atoms with van der Waals surface area (Å²) in [5.41, 5.74) is 2.12. The fraction of sp³-hybridized carbons (Fsp3) is 0. The van der Waals surface area contributed by atoms with Crippen molar-refractivity contribution >= 4 is 21.8 Å². The van der Waals surface area contributed by atoms with Crippen LogP contribution in [0.25, 0.3) is 21.8 Å². The lowest BCUT2D eigenvalue weighted by Crippen LogP contribution is -1.80. The van der Waals surface area contributed by atoms with E-state index in [1.54, 1.807) is 0 Å². The van der Waals surface area contributed by atoms with Gasteiger partial charge in [0.1, 0.15) is 0 Å². The van der Waals surface area contributed by atoms with Gasteiger partial charge < -0.3 is 11.0 Å². The number of benzene rings is 2. The van der Waals surface area contributed by atoms with Gasteiger partial charge in [-0.2, -0.15) is 0 Å². The highest BCUT2D eigenvalue weighted by Gasteiger charge is 1.96. The van der Waals surface area contributed by atoms with Crippen molar-refractivity contribution in [3.8, 4) is 0 Å². The predicted octanol–water partition coefficient (Wildman–Crippen LogP) is 1.74. The van der Waals surface area contributed by atoms with Gasteiger partial charge in [-0.05, 0) is 18.2 Å². The molecule has 3 nitrogen and oxygen atoms in total. The van der Waals surface area contributed by atoms with Gasteiger partial charge in [0, 0.05) is 10.8 Å². The molecule has 0 fully saturated rings. The van der Waals surface area contributed by atoms with Gasteiger partial charge in [-0.15, -0.1) is 0 Å². The monoisotopic (exact) mass is 215 g/mol. The average molecular weight is 215 g/mol. The Labute approximate surface area is 93.0 Å². The van der Waals surface area contributed by atoms with Crippen LogP contribution in [0.2, 0.25) is 0 Å². The number of rotatable bonds is 0. The second kappa shape index (κ2) is 4.70.